The van der Waals surface area contributed by atoms with Crippen molar-refractivity contribution in [2.24, 2.45) is 46.8 Å². The van der Waals surface area contributed by atoms with E-state index >= 15 is 0 Å². The second-order valence-corrected chi connectivity index (χ2v) is 9.65. The largest absolute Gasteiger partial charge is 0.273 e. The van der Waals surface area contributed by atoms with Crippen LogP contribution in [-0.2, 0) is 14.4 Å². The van der Waals surface area contributed by atoms with Gasteiger partial charge in [-0.2, -0.15) is 5.01 Å². The minimum Gasteiger partial charge on any atom is -0.273 e. The summed E-state index contributed by atoms with van der Waals surface area (Å²) in [7, 11) is 0. The topological polar surface area (TPSA) is 66.5 Å². The molecule has 1 heterocycles. The van der Waals surface area contributed by atoms with Crippen molar-refractivity contribution in [3.63, 3.8) is 0 Å². The summed E-state index contributed by atoms with van der Waals surface area (Å²) >= 11 is 0. The highest BCUT2D eigenvalue weighted by Gasteiger charge is 2.61. The molecule has 5 saturated carbocycles. The van der Waals surface area contributed by atoms with Crippen molar-refractivity contribution in [2.45, 2.75) is 44.9 Å². The Hall–Kier alpha value is -1.65. The number of fused-ring (bicyclic) bond motifs is 5. The average Bonchev–Trinajstić information content (AvgIpc) is 3.23. The Morgan fingerprint density at radius 1 is 0.880 bits per heavy atom. The van der Waals surface area contributed by atoms with E-state index in [-0.39, 0.29) is 46.8 Å². The van der Waals surface area contributed by atoms with Crippen molar-refractivity contribution in [3.8, 4) is 0 Å². The molecule has 1 N–H and O–H groups in total. The summed E-state index contributed by atoms with van der Waals surface area (Å²) in [5.41, 5.74) is 2.47. The molecule has 0 aromatic rings. The van der Waals surface area contributed by atoms with Crippen molar-refractivity contribution >= 4 is 17.7 Å². The number of carbonyl (C=O) groups is 3. The lowest BCUT2D eigenvalue weighted by molar-refractivity contribution is -0.160. The summed E-state index contributed by atoms with van der Waals surface area (Å²) in [5, 5.41) is 1.10. The minimum absolute atomic E-state index is 0.0615. The second kappa shape index (κ2) is 4.54. The number of hydrazine groups is 1. The first kappa shape index (κ1) is 14.5. The van der Waals surface area contributed by atoms with Gasteiger partial charge in [-0.3, -0.25) is 19.8 Å². The number of imide groups is 1. The van der Waals surface area contributed by atoms with Gasteiger partial charge in [-0.15, -0.1) is 0 Å². The molecule has 1 aliphatic heterocycles. The monoisotopic (exact) mass is 340 g/mol. The van der Waals surface area contributed by atoms with E-state index < -0.39 is 0 Å². The van der Waals surface area contributed by atoms with Gasteiger partial charge >= 0.3 is 0 Å². The molecule has 4 atom stereocenters. The number of hydrogen-bond acceptors (Lipinski definition) is 3. The van der Waals surface area contributed by atoms with Crippen molar-refractivity contribution < 1.29 is 14.4 Å². The van der Waals surface area contributed by atoms with Gasteiger partial charge in [0.2, 0.25) is 5.91 Å². The Morgan fingerprint density at radius 3 is 1.84 bits per heavy atom. The summed E-state index contributed by atoms with van der Waals surface area (Å²) in [6.45, 7) is 0. The predicted octanol–water partition coefficient (Wildman–Crippen LogP) is 2.04. The lowest BCUT2D eigenvalue weighted by Crippen LogP contribution is -2.58. The number of rotatable bonds is 2. The average molecular weight is 340 g/mol. The number of amides is 3. The van der Waals surface area contributed by atoms with Gasteiger partial charge in [0.25, 0.3) is 11.8 Å². The van der Waals surface area contributed by atoms with E-state index in [9.17, 15) is 14.4 Å². The van der Waals surface area contributed by atoms with Gasteiger partial charge in [0.1, 0.15) is 0 Å². The maximum absolute atomic E-state index is 13.2. The maximum Gasteiger partial charge on any atom is 0.252 e. The third-order valence-electron chi connectivity index (χ3n) is 8.20. The van der Waals surface area contributed by atoms with Crippen LogP contribution in [0.3, 0.4) is 0 Å². The number of hydrogen-bond donors (Lipinski definition) is 1. The van der Waals surface area contributed by atoms with Gasteiger partial charge in [0, 0.05) is 0 Å². The molecular formula is C20H24N2O3. The third-order valence-corrected chi connectivity index (χ3v) is 8.20. The van der Waals surface area contributed by atoms with E-state index in [0.717, 1.165) is 30.7 Å². The number of allylic oxidation sites excluding steroid dienone is 2. The zero-order valence-electron chi connectivity index (χ0n) is 14.3. The normalized spacial score (nSPS) is 51.5. The first-order chi connectivity index (χ1) is 12.0. The van der Waals surface area contributed by atoms with Crippen LogP contribution in [0.4, 0.5) is 0 Å². The highest BCUT2D eigenvalue weighted by Crippen LogP contribution is 2.60. The van der Waals surface area contributed by atoms with Gasteiger partial charge in [0.15, 0.2) is 0 Å². The standard InChI is InChI=1S/C20H24N2O3/c23-17-15-13-1-2-14(6-13)16(15)18(24)22(17)21-19(25)20-7-10-3-11(8-20)5-12(4-10)9-20/h1-2,10-16H,3-9H2,(H,21,25)/t10?,11?,12?,13-,14-,15-,16+,20?/m0/s1. The van der Waals surface area contributed by atoms with Crippen molar-refractivity contribution in [1.82, 2.24) is 10.4 Å². The van der Waals surface area contributed by atoms with E-state index in [2.05, 4.69) is 17.6 Å². The van der Waals surface area contributed by atoms with E-state index in [1.165, 1.54) is 19.3 Å². The van der Waals surface area contributed by atoms with E-state index in [0.29, 0.717) is 17.8 Å². The van der Waals surface area contributed by atoms with Gasteiger partial charge in [0.05, 0.1) is 17.3 Å². The summed E-state index contributed by atoms with van der Waals surface area (Å²) in [4.78, 5) is 38.8. The fourth-order valence-electron chi connectivity index (χ4n) is 7.62. The fourth-order valence-corrected chi connectivity index (χ4v) is 7.62. The molecule has 0 radical (unpaired) electrons. The lowest BCUT2D eigenvalue weighted by Gasteiger charge is -2.55. The molecule has 7 rings (SSSR count). The number of carbonyl (C=O) groups excluding carboxylic acids is 3. The lowest BCUT2D eigenvalue weighted by atomic mass is 9.49. The highest BCUT2D eigenvalue weighted by molar-refractivity contribution is 6.07. The molecule has 0 unspecified atom stereocenters. The molecule has 0 spiro atoms. The summed E-state index contributed by atoms with van der Waals surface area (Å²) < 4.78 is 0. The summed E-state index contributed by atoms with van der Waals surface area (Å²) in [5.74, 6) is 1.49. The van der Waals surface area contributed by atoms with Crippen LogP contribution in [0.2, 0.25) is 0 Å². The van der Waals surface area contributed by atoms with Crippen LogP contribution in [0, 0.1) is 46.8 Å². The van der Waals surface area contributed by atoms with Crippen molar-refractivity contribution in [2.75, 3.05) is 0 Å². The summed E-state index contributed by atoms with van der Waals surface area (Å²) in [6.07, 6.45) is 11.7. The summed E-state index contributed by atoms with van der Waals surface area (Å²) in [6, 6.07) is 0. The van der Waals surface area contributed by atoms with Gasteiger partial charge in [-0.25, -0.2) is 0 Å². The molecule has 1 saturated heterocycles. The molecule has 0 aromatic heterocycles. The first-order valence-electron chi connectivity index (χ1n) is 9.91. The van der Waals surface area contributed by atoms with Crippen LogP contribution in [-0.4, -0.2) is 22.7 Å². The molecule has 6 bridgehead atoms. The molecule has 6 aliphatic carbocycles. The zero-order valence-corrected chi connectivity index (χ0v) is 14.3. The fraction of sp³-hybridized carbons (Fsp3) is 0.750. The molecule has 3 amide bonds. The third kappa shape index (κ3) is 1.77. The molecule has 132 valence electrons. The molecular weight excluding hydrogens is 316 g/mol. The van der Waals surface area contributed by atoms with Crippen LogP contribution in [0.1, 0.15) is 44.9 Å². The Morgan fingerprint density at radius 2 is 1.36 bits per heavy atom. The van der Waals surface area contributed by atoms with E-state index in [4.69, 9.17) is 0 Å². The Bertz CT molecular complexity index is 661. The maximum atomic E-state index is 13.2. The Kier molecular flexibility index (Phi) is 2.64. The number of nitrogens with one attached hydrogen (secondary N) is 1. The van der Waals surface area contributed by atoms with Gasteiger partial charge in [-0.05, 0) is 74.5 Å². The molecule has 5 heteroatoms. The van der Waals surface area contributed by atoms with Gasteiger partial charge < -0.3 is 0 Å². The van der Waals surface area contributed by atoms with E-state index in [1.807, 2.05) is 0 Å². The quantitative estimate of drug-likeness (QED) is 0.618. The van der Waals surface area contributed by atoms with Crippen LogP contribution < -0.4 is 5.43 Å². The molecule has 0 aromatic carbocycles. The van der Waals surface area contributed by atoms with Crippen LogP contribution in [0.25, 0.3) is 0 Å². The minimum atomic E-state index is -0.329. The predicted molar refractivity (Wildman–Crippen MR) is 88.3 cm³/mol. The Labute approximate surface area is 147 Å². The smallest absolute Gasteiger partial charge is 0.252 e. The van der Waals surface area contributed by atoms with Crippen LogP contribution in [0.15, 0.2) is 12.2 Å². The molecule has 25 heavy (non-hydrogen) atoms. The second-order valence-electron chi connectivity index (χ2n) is 9.65. The molecule has 6 fully saturated rings. The Balaban J connectivity index is 1.25. The van der Waals surface area contributed by atoms with Crippen molar-refractivity contribution in [1.29, 1.82) is 0 Å². The number of nitrogens with zero attached hydrogens (tertiary/aromatic N) is 1. The SMILES string of the molecule is O=C1[C@@H]2[C@H](C(=O)N1NC(=O)C13CC4CC(CC(C4)C1)C3)[C@H]1C=C[C@H]2C1. The highest BCUT2D eigenvalue weighted by atomic mass is 16.2. The van der Waals surface area contributed by atoms with Crippen LogP contribution in [0.5, 0.6) is 0 Å². The first-order valence-corrected chi connectivity index (χ1v) is 9.91. The van der Waals surface area contributed by atoms with Gasteiger partial charge in [-0.1, -0.05) is 12.2 Å². The molecule has 5 nitrogen and oxygen atoms in total. The van der Waals surface area contributed by atoms with E-state index in [1.54, 1.807) is 0 Å². The zero-order chi connectivity index (χ0) is 16.9. The molecule has 7 aliphatic rings. The van der Waals surface area contributed by atoms with Crippen molar-refractivity contribution in [3.05, 3.63) is 12.2 Å². The van der Waals surface area contributed by atoms with Crippen LogP contribution >= 0.6 is 0 Å².